The number of carbonyl (C=O) groups is 1. The number of nitrogens with one attached hydrogen (secondary N) is 2. The molecule has 18 heavy (non-hydrogen) atoms. The zero-order valence-corrected chi connectivity index (χ0v) is 12.4. The molecular formula is C14H28N2O2. The first-order chi connectivity index (χ1) is 8.39. The number of ether oxygens (including phenoxy) is 1. The van der Waals surface area contributed by atoms with Gasteiger partial charge in [0.15, 0.2) is 0 Å². The van der Waals surface area contributed by atoms with Crippen LogP contribution in [0.5, 0.6) is 0 Å². The first kappa shape index (κ1) is 17.0. The fourth-order valence-electron chi connectivity index (χ4n) is 1.44. The summed E-state index contributed by atoms with van der Waals surface area (Å²) in [6, 6.07) is 0.577. The van der Waals surface area contributed by atoms with Crippen LogP contribution in [0.15, 0.2) is 12.2 Å². The van der Waals surface area contributed by atoms with Gasteiger partial charge >= 0.3 is 6.09 Å². The van der Waals surface area contributed by atoms with E-state index in [1.54, 1.807) is 0 Å². The largest absolute Gasteiger partial charge is 0.444 e. The summed E-state index contributed by atoms with van der Waals surface area (Å²) >= 11 is 0. The van der Waals surface area contributed by atoms with Crippen molar-refractivity contribution < 1.29 is 9.53 Å². The zero-order chi connectivity index (χ0) is 14.0. The number of hydrogen-bond acceptors (Lipinski definition) is 3. The standard InChI is InChI=1S/C14H28N2O2/c1-6-12(7-2)15-10-8-9-11-16-13(17)18-14(3,4)5/h8-9,12,15H,6-7,10-11H2,1-5H3,(H,16,17)/b9-8+. The van der Waals surface area contributed by atoms with E-state index in [-0.39, 0.29) is 6.09 Å². The second kappa shape index (κ2) is 8.97. The summed E-state index contributed by atoms with van der Waals surface area (Å²) in [5.74, 6) is 0. The number of alkyl carbamates (subject to hydrolysis) is 1. The third kappa shape index (κ3) is 10.1. The van der Waals surface area contributed by atoms with Crippen LogP contribution in [0.4, 0.5) is 4.79 Å². The zero-order valence-electron chi connectivity index (χ0n) is 12.4. The lowest BCUT2D eigenvalue weighted by molar-refractivity contribution is 0.0534. The van der Waals surface area contributed by atoms with Gasteiger partial charge in [-0.25, -0.2) is 4.79 Å². The van der Waals surface area contributed by atoms with Crippen LogP contribution in [0.3, 0.4) is 0 Å². The molecule has 0 heterocycles. The Morgan fingerprint density at radius 1 is 1.17 bits per heavy atom. The molecule has 0 bridgehead atoms. The van der Waals surface area contributed by atoms with Gasteiger partial charge in [0.25, 0.3) is 0 Å². The van der Waals surface area contributed by atoms with Crippen molar-refractivity contribution in [1.82, 2.24) is 10.6 Å². The topological polar surface area (TPSA) is 50.4 Å². The summed E-state index contributed by atoms with van der Waals surface area (Å²) in [7, 11) is 0. The summed E-state index contributed by atoms with van der Waals surface area (Å²) in [4.78, 5) is 11.3. The first-order valence-electron chi connectivity index (χ1n) is 6.74. The Morgan fingerprint density at radius 3 is 2.22 bits per heavy atom. The van der Waals surface area contributed by atoms with E-state index in [2.05, 4.69) is 24.5 Å². The molecule has 1 amide bonds. The van der Waals surface area contributed by atoms with Gasteiger partial charge in [0.05, 0.1) is 0 Å². The number of carbonyl (C=O) groups excluding carboxylic acids is 1. The van der Waals surface area contributed by atoms with Gasteiger partial charge in [0.2, 0.25) is 0 Å². The smallest absolute Gasteiger partial charge is 0.407 e. The summed E-state index contributed by atoms with van der Waals surface area (Å²) in [6.07, 6.45) is 5.86. The highest BCUT2D eigenvalue weighted by atomic mass is 16.6. The minimum absolute atomic E-state index is 0.375. The van der Waals surface area contributed by atoms with Crippen molar-refractivity contribution in [2.24, 2.45) is 0 Å². The molecule has 0 unspecified atom stereocenters. The normalized spacial score (nSPS) is 12.1. The Bertz CT molecular complexity index is 253. The molecule has 0 saturated heterocycles. The Kier molecular flexibility index (Phi) is 8.46. The highest BCUT2D eigenvalue weighted by Gasteiger charge is 2.14. The Labute approximate surface area is 111 Å². The highest BCUT2D eigenvalue weighted by molar-refractivity contribution is 5.67. The van der Waals surface area contributed by atoms with Crippen molar-refractivity contribution in [3.05, 3.63) is 12.2 Å². The van der Waals surface area contributed by atoms with Crippen molar-refractivity contribution in [2.75, 3.05) is 13.1 Å². The van der Waals surface area contributed by atoms with Crippen LogP contribution in [0.25, 0.3) is 0 Å². The van der Waals surface area contributed by atoms with Gasteiger partial charge in [-0.15, -0.1) is 0 Å². The maximum Gasteiger partial charge on any atom is 0.407 e. The third-order valence-electron chi connectivity index (χ3n) is 2.44. The molecule has 0 aromatic heterocycles. The molecular weight excluding hydrogens is 228 g/mol. The van der Waals surface area contributed by atoms with Crippen LogP contribution in [0, 0.1) is 0 Å². The van der Waals surface area contributed by atoms with Crippen LogP contribution in [0.2, 0.25) is 0 Å². The lowest BCUT2D eigenvalue weighted by atomic mass is 10.2. The molecule has 106 valence electrons. The number of hydrogen-bond donors (Lipinski definition) is 2. The minimum Gasteiger partial charge on any atom is -0.444 e. The first-order valence-corrected chi connectivity index (χ1v) is 6.74. The Balaban J connectivity index is 3.63. The van der Waals surface area contributed by atoms with Crippen LogP contribution >= 0.6 is 0 Å². The van der Waals surface area contributed by atoms with Gasteiger partial charge in [0.1, 0.15) is 5.60 Å². The van der Waals surface area contributed by atoms with Gasteiger partial charge in [-0.05, 0) is 33.6 Å². The Morgan fingerprint density at radius 2 is 1.72 bits per heavy atom. The van der Waals surface area contributed by atoms with Crippen molar-refractivity contribution in [1.29, 1.82) is 0 Å². The maximum atomic E-state index is 11.3. The van der Waals surface area contributed by atoms with Crippen LogP contribution in [0.1, 0.15) is 47.5 Å². The van der Waals surface area contributed by atoms with Crippen molar-refractivity contribution in [2.45, 2.75) is 59.1 Å². The predicted molar refractivity (Wildman–Crippen MR) is 75.7 cm³/mol. The fraction of sp³-hybridized carbons (Fsp3) is 0.786. The molecule has 2 N–H and O–H groups in total. The molecule has 0 aliphatic rings. The average molecular weight is 256 g/mol. The van der Waals surface area contributed by atoms with Crippen molar-refractivity contribution in [3.63, 3.8) is 0 Å². The van der Waals surface area contributed by atoms with Gasteiger partial charge < -0.3 is 15.4 Å². The molecule has 0 aliphatic heterocycles. The predicted octanol–water partition coefficient (Wildman–Crippen LogP) is 2.85. The number of amides is 1. The molecule has 4 nitrogen and oxygen atoms in total. The van der Waals surface area contributed by atoms with E-state index in [1.807, 2.05) is 32.9 Å². The van der Waals surface area contributed by atoms with Crippen molar-refractivity contribution >= 4 is 6.09 Å². The summed E-state index contributed by atoms with van der Waals surface area (Å²) in [5, 5.41) is 6.09. The molecule has 0 saturated carbocycles. The molecule has 0 aromatic carbocycles. The van der Waals surface area contributed by atoms with E-state index in [1.165, 1.54) is 0 Å². The van der Waals surface area contributed by atoms with E-state index in [4.69, 9.17) is 4.74 Å². The van der Waals surface area contributed by atoms with E-state index >= 15 is 0 Å². The van der Waals surface area contributed by atoms with E-state index < -0.39 is 5.60 Å². The monoisotopic (exact) mass is 256 g/mol. The summed E-state index contributed by atoms with van der Waals surface area (Å²) in [5.41, 5.74) is -0.440. The lowest BCUT2D eigenvalue weighted by Crippen LogP contribution is -2.32. The van der Waals surface area contributed by atoms with E-state index in [9.17, 15) is 4.79 Å². The minimum atomic E-state index is -0.440. The van der Waals surface area contributed by atoms with Gasteiger partial charge in [0, 0.05) is 19.1 Å². The second-order valence-electron chi connectivity index (χ2n) is 5.28. The average Bonchev–Trinajstić information content (AvgIpc) is 2.26. The molecule has 0 rings (SSSR count). The van der Waals surface area contributed by atoms with Gasteiger partial charge in [-0.2, -0.15) is 0 Å². The Hall–Kier alpha value is -1.03. The molecule has 4 heteroatoms. The van der Waals surface area contributed by atoms with Crippen LogP contribution in [-0.2, 0) is 4.74 Å². The molecule has 0 aromatic rings. The summed E-state index contributed by atoms with van der Waals surface area (Å²) < 4.78 is 5.12. The SMILES string of the molecule is CCC(CC)NC/C=C/CNC(=O)OC(C)(C)C. The third-order valence-corrected chi connectivity index (χ3v) is 2.44. The van der Waals surface area contributed by atoms with E-state index in [0.29, 0.717) is 12.6 Å². The second-order valence-corrected chi connectivity index (χ2v) is 5.28. The van der Waals surface area contributed by atoms with Crippen LogP contribution < -0.4 is 10.6 Å². The van der Waals surface area contributed by atoms with Crippen molar-refractivity contribution in [3.8, 4) is 0 Å². The maximum absolute atomic E-state index is 11.3. The molecule has 0 spiro atoms. The molecule has 0 aliphatic carbocycles. The van der Waals surface area contributed by atoms with Gasteiger partial charge in [-0.3, -0.25) is 0 Å². The molecule has 0 fully saturated rings. The molecule has 0 atom stereocenters. The van der Waals surface area contributed by atoms with E-state index in [0.717, 1.165) is 19.4 Å². The number of rotatable bonds is 7. The lowest BCUT2D eigenvalue weighted by Gasteiger charge is -2.19. The summed E-state index contributed by atoms with van der Waals surface area (Å²) in [6.45, 7) is 11.2. The highest BCUT2D eigenvalue weighted by Crippen LogP contribution is 2.06. The fourth-order valence-corrected chi connectivity index (χ4v) is 1.44. The molecule has 0 radical (unpaired) electrons. The van der Waals surface area contributed by atoms with Crippen LogP contribution in [-0.4, -0.2) is 30.8 Å². The van der Waals surface area contributed by atoms with Gasteiger partial charge in [-0.1, -0.05) is 26.0 Å². The quantitative estimate of drug-likeness (QED) is 0.689.